The molecule has 7 nitrogen and oxygen atoms in total. The van der Waals surface area contributed by atoms with Crippen molar-refractivity contribution in [3.63, 3.8) is 0 Å². The Kier molecular flexibility index (Phi) is 5.47. The average molecular weight is 437 g/mol. The van der Waals surface area contributed by atoms with Gasteiger partial charge in [-0.15, -0.1) is 22.7 Å². The number of hydrogen-bond acceptors (Lipinski definition) is 7. The Morgan fingerprint density at radius 3 is 2.61 bits per heavy atom. The molecule has 0 spiro atoms. The summed E-state index contributed by atoms with van der Waals surface area (Å²) in [6.45, 7) is 3.71. The smallest absolute Gasteiger partial charge is 0.292 e. The lowest BCUT2D eigenvalue weighted by atomic mass is 10.2. The van der Waals surface area contributed by atoms with E-state index in [0.717, 1.165) is 19.9 Å². The highest BCUT2D eigenvalue weighted by atomic mass is 35.5. The van der Waals surface area contributed by atoms with E-state index in [1.54, 1.807) is 22.8 Å². The quantitative estimate of drug-likeness (QED) is 0.626. The van der Waals surface area contributed by atoms with Gasteiger partial charge in [0.25, 0.3) is 5.91 Å². The van der Waals surface area contributed by atoms with E-state index in [1.165, 1.54) is 22.7 Å². The van der Waals surface area contributed by atoms with Gasteiger partial charge in [0.2, 0.25) is 11.7 Å². The number of aromatic nitrogens is 2. The molecule has 0 aromatic carbocycles. The Labute approximate surface area is 174 Å². The number of amides is 2. The highest BCUT2D eigenvalue weighted by Gasteiger charge is 2.27. The summed E-state index contributed by atoms with van der Waals surface area (Å²) in [6.07, 6.45) is 0.255. The molecule has 0 atom stereocenters. The van der Waals surface area contributed by atoms with Gasteiger partial charge in [-0.3, -0.25) is 9.59 Å². The number of piperazine rings is 1. The van der Waals surface area contributed by atoms with Gasteiger partial charge in [-0.25, -0.2) is 4.98 Å². The lowest BCUT2D eigenvalue weighted by Gasteiger charge is -2.34. The van der Waals surface area contributed by atoms with Crippen LogP contribution in [0.2, 0.25) is 4.34 Å². The van der Waals surface area contributed by atoms with Crippen LogP contribution in [0.4, 0.5) is 0 Å². The van der Waals surface area contributed by atoms with Gasteiger partial charge in [-0.05, 0) is 19.1 Å². The number of rotatable bonds is 4. The maximum atomic E-state index is 12.6. The Hall–Kier alpha value is -2.23. The standard InChI is InChI=1S/C18H17ClN4O3S2/c1-11-8-13(26-21-11)18(25)23-6-4-22(5-7-23)16(24)9-12-10-27-17(20-12)14-2-3-15(19)28-14/h2-3,8,10H,4-7,9H2,1H3. The molecule has 0 radical (unpaired) electrons. The summed E-state index contributed by atoms with van der Waals surface area (Å²) < 4.78 is 5.75. The van der Waals surface area contributed by atoms with E-state index in [0.29, 0.717) is 31.9 Å². The highest BCUT2D eigenvalue weighted by Crippen LogP contribution is 2.33. The monoisotopic (exact) mass is 436 g/mol. The number of carbonyl (C=O) groups excluding carboxylic acids is 2. The van der Waals surface area contributed by atoms with Crippen LogP contribution >= 0.6 is 34.3 Å². The average Bonchev–Trinajstić information content (AvgIpc) is 3.42. The van der Waals surface area contributed by atoms with Gasteiger partial charge in [0.05, 0.1) is 27.0 Å². The number of carbonyl (C=O) groups is 2. The Morgan fingerprint density at radius 2 is 1.96 bits per heavy atom. The number of thiophene rings is 1. The lowest BCUT2D eigenvalue weighted by molar-refractivity contribution is -0.132. The topological polar surface area (TPSA) is 79.5 Å². The molecule has 10 heteroatoms. The number of thiazole rings is 1. The van der Waals surface area contributed by atoms with Crippen LogP contribution in [0.5, 0.6) is 0 Å². The Bertz CT molecular complexity index is 1000. The molecular weight excluding hydrogens is 420 g/mol. The predicted molar refractivity (Wildman–Crippen MR) is 108 cm³/mol. The van der Waals surface area contributed by atoms with E-state index >= 15 is 0 Å². The summed E-state index contributed by atoms with van der Waals surface area (Å²) in [5, 5.41) is 6.53. The van der Waals surface area contributed by atoms with Crippen molar-refractivity contribution in [2.45, 2.75) is 13.3 Å². The van der Waals surface area contributed by atoms with Crippen molar-refractivity contribution in [3.05, 3.63) is 45.1 Å². The first-order valence-electron chi connectivity index (χ1n) is 8.70. The van der Waals surface area contributed by atoms with Gasteiger partial charge in [0, 0.05) is 37.6 Å². The molecule has 28 heavy (non-hydrogen) atoms. The van der Waals surface area contributed by atoms with Crippen LogP contribution in [0.1, 0.15) is 21.9 Å². The fraction of sp³-hybridized carbons (Fsp3) is 0.333. The summed E-state index contributed by atoms with van der Waals surface area (Å²) in [6, 6.07) is 5.40. The summed E-state index contributed by atoms with van der Waals surface area (Å²) >= 11 is 8.96. The minimum absolute atomic E-state index is 0.0173. The van der Waals surface area contributed by atoms with Crippen LogP contribution in [0.25, 0.3) is 9.88 Å². The molecule has 0 bridgehead atoms. The second-order valence-electron chi connectivity index (χ2n) is 6.43. The summed E-state index contributed by atoms with van der Waals surface area (Å²) in [4.78, 5) is 34.0. The van der Waals surface area contributed by atoms with Crippen molar-refractivity contribution in [2.24, 2.45) is 0 Å². The second-order valence-corrected chi connectivity index (χ2v) is 9.00. The summed E-state index contributed by atoms with van der Waals surface area (Å²) in [5.74, 6) is 0.0658. The van der Waals surface area contributed by atoms with E-state index in [2.05, 4.69) is 10.1 Å². The van der Waals surface area contributed by atoms with E-state index < -0.39 is 0 Å². The zero-order valence-corrected chi connectivity index (χ0v) is 17.4. The molecule has 146 valence electrons. The first-order valence-corrected chi connectivity index (χ1v) is 10.8. The molecule has 2 amide bonds. The molecule has 1 aliphatic rings. The van der Waals surface area contributed by atoms with Crippen molar-refractivity contribution < 1.29 is 14.1 Å². The maximum absolute atomic E-state index is 12.6. The SMILES string of the molecule is Cc1cc(C(=O)N2CCN(C(=O)Cc3csc(-c4ccc(Cl)s4)n3)CC2)on1. The van der Waals surface area contributed by atoms with Crippen molar-refractivity contribution in [1.82, 2.24) is 19.9 Å². The minimum Gasteiger partial charge on any atom is -0.351 e. The first-order chi connectivity index (χ1) is 13.5. The van der Waals surface area contributed by atoms with Crippen LogP contribution in [0.15, 0.2) is 28.1 Å². The molecule has 4 heterocycles. The third kappa shape index (κ3) is 4.11. The molecule has 3 aromatic rings. The van der Waals surface area contributed by atoms with Crippen molar-refractivity contribution in [3.8, 4) is 9.88 Å². The first kappa shape index (κ1) is 19.1. The van der Waals surface area contributed by atoms with Gasteiger partial charge in [0.15, 0.2) is 0 Å². The lowest BCUT2D eigenvalue weighted by Crippen LogP contribution is -2.51. The molecule has 1 aliphatic heterocycles. The molecule has 3 aromatic heterocycles. The molecule has 0 saturated carbocycles. The molecule has 1 fully saturated rings. The fourth-order valence-electron chi connectivity index (χ4n) is 2.98. The van der Waals surface area contributed by atoms with Crippen LogP contribution in [0, 0.1) is 6.92 Å². The van der Waals surface area contributed by atoms with E-state index in [9.17, 15) is 9.59 Å². The maximum Gasteiger partial charge on any atom is 0.292 e. The van der Waals surface area contributed by atoms with E-state index in [-0.39, 0.29) is 24.0 Å². The van der Waals surface area contributed by atoms with Crippen LogP contribution in [-0.2, 0) is 11.2 Å². The highest BCUT2D eigenvalue weighted by molar-refractivity contribution is 7.23. The molecule has 0 N–H and O–H groups in total. The van der Waals surface area contributed by atoms with E-state index in [1.807, 2.05) is 17.5 Å². The normalized spacial score (nSPS) is 14.5. The van der Waals surface area contributed by atoms with Gasteiger partial charge in [-0.2, -0.15) is 0 Å². The van der Waals surface area contributed by atoms with Gasteiger partial charge < -0.3 is 14.3 Å². The Morgan fingerprint density at radius 1 is 1.21 bits per heavy atom. The minimum atomic E-state index is -0.188. The largest absolute Gasteiger partial charge is 0.351 e. The van der Waals surface area contributed by atoms with Crippen LogP contribution in [0.3, 0.4) is 0 Å². The number of halogens is 1. The molecular formula is C18H17ClN4O3S2. The van der Waals surface area contributed by atoms with E-state index in [4.69, 9.17) is 16.1 Å². The number of nitrogens with zero attached hydrogens (tertiary/aromatic N) is 4. The summed E-state index contributed by atoms with van der Waals surface area (Å²) in [7, 11) is 0. The second kappa shape index (κ2) is 8.02. The number of aryl methyl sites for hydroxylation is 1. The third-order valence-corrected chi connectivity index (χ3v) is 6.72. The third-order valence-electron chi connectivity index (χ3n) is 4.43. The predicted octanol–water partition coefficient (Wildman–Crippen LogP) is 3.35. The number of hydrogen-bond donors (Lipinski definition) is 0. The van der Waals surface area contributed by atoms with Crippen LogP contribution < -0.4 is 0 Å². The van der Waals surface area contributed by atoms with Crippen LogP contribution in [-0.4, -0.2) is 57.9 Å². The molecule has 1 saturated heterocycles. The Balaban J connectivity index is 1.32. The van der Waals surface area contributed by atoms with Crippen molar-refractivity contribution in [2.75, 3.05) is 26.2 Å². The zero-order valence-electron chi connectivity index (χ0n) is 15.1. The fourth-order valence-corrected chi connectivity index (χ4v) is 4.91. The summed E-state index contributed by atoms with van der Waals surface area (Å²) in [5.41, 5.74) is 1.43. The zero-order chi connectivity index (χ0) is 19.7. The van der Waals surface area contributed by atoms with Crippen molar-refractivity contribution >= 4 is 46.1 Å². The van der Waals surface area contributed by atoms with Crippen molar-refractivity contribution in [1.29, 1.82) is 0 Å². The molecule has 0 aliphatic carbocycles. The van der Waals surface area contributed by atoms with Gasteiger partial charge in [0.1, 0.15) is 5.01 Å². The van der Waals surface area contributed by atoms with Gasteiger partial charge in [-0.1, -0.05) is 16.8 Å². The molecule has 0 unspecified atom stereocenters. The molecule has 4 rings (SSSR count). The van der Waals surface area contributed by atoms with Gasteiger partial charge >= 0.3 is 0 Å².